The summed E-state index contributed by atoms with van der Waals surface area (Å²) in [6.45, 7) is 0.931. The zero-order valence-electron chi connectivity index (χ0n) is 13.3. The van der Waals surface area contributed by atoms with Crippen molar-refractivity contribution < 1.29 is 9.84 Å². The van der Waals surface area contributed by atoms with Crippen molar-refractivity contribution in [2.24, 2.45) is 0 Å². The van der Waals surface area contributed by atoms with Crippen molar-refractivity contribution in [2.45, 2.75) is 11.7 Å². The van der Waals surface area contributed by atoms with E-state index in [-0.39, 0.29) is 12.2 Å². The molecule has 0 unspecified atom stereocenters. The highest BCUT2D eigenvalue weighted by Gasteiger charge is 2.15. The van der Waals surface area contributed by atoms with Crippen LogP contribution in [0.2, 0.25) is 0 Å². The summed E-state index contributed by atoms with van der Waals surface area (Å²) < 4.78 is 6.74. The molecule has 0 amide bonds. The highest BCUT2D eigenvalue weighted by atomic mass is 32.2. The van der Waals surface area contributed by atoms with Crippen LogP contribution in [0.25, 0.3) is 20.7 Å². The van der Waals surface area contributed by atoms with E-state index in [2.05, 4.69) is 4.98 Å². The minimum atomic E-state index is -0.0593. The molecule has 5 nitrogen and oxygen atoms in total. The first-order chi connectivity index (χ1) is 11.7. The van der Waals surface area contributed by atoms with Crippen molar-refractivity contribution in [2.75, 3.05) is 26.1 Å². The van der Waals surface area contributed by atoms with Gasteiger partial charge < -0.3 is 9.84 Å². The number of aliphatic hydroxyl groups is 1. The fourth-order valence-corrected chi connectivity index (χ4v) is 4.21. The number of thioether (sulfide) groups is 1. The molecule has 24 heavy (non-hydrogen) atoms. The van der Waals surface area contributed by atoms with Gasteiger partial charge in [-0.1, -0.05) is 42.1 Å². The number of aliphatic hydroxyl groups excluding tert-OH is 1. The van der Waals surface area contributed by atoms with E-state index in [0.29, 0.717) is 29.4 Å². The molecule has 0 saturated heterocycles. The van der Waals surface area contributed by atoms with Gasteiger partial charge in [0.05, 0.1) is 25.1 Å². The Bertz CT molecular complexity index is 875. The Morgan fingerprint density at radius 1 is 1.33 bits per heavy atom. The number of nitrogens with zero attached hydrogens (tertiary/aromatic N) is 2. The van der Waals surface area contributed by atoms with Crippen molar-refractivity contribution in [1.82, 2.24) is 9.55 Å². The third kappa shape index (κ3) is 3.54. The minimum absolute atomic E-state index is 0.0442. The Morgan fingerprint density at radius 2 is 2.12 bits per heavy atom. The molecule has 0 fully saturated rings. The SMILES string of the molecule is COCCn1c(SCCO)nc2sc(-c3ccccc3)cc2c1=O. The van der Waals surface area contributed by atoms with E-state index in [1.807, 2.05) is 36.4 Å². The number of hydrogen-bond donors (Lipinski definition) is 1. The highest BCUT2D eigenvalue weighted by Crippen LogP contribution is 2.32. The zero-order valence-corrected chi connectivity index (χ0v) is 14.9. The number of methoxy groups -OCH3 is 1. The van der Waals surface area contributed by atoms with Crippen LogP contribution < -0.4 is 5.56 Å². The molecule has 1 N–H and O–H groups in total. The van der Waals surface area contributed by atoms with Crippen LogP contribution in [0, 0.1) is 0 Å². The van der Waals surface area contributed by atoms with Gasteiger partial charge in [0, 0.05) is 17.7 Å². The van der Waals surface area contributed by atoms with Crippen LogP contribution in [-0.4, -0.2) is 40.7 Å². The third-order valence-electron chi connectivity index (χ3n) is 3.52. The molecule has 1 aromatic carbocycles. The molecule has 0 aliphatic rings. The van der Waals surface area contributed by atoms with Crippen molar-refractivity contribution in [3.05, 3.63) is 46.8 Å². The van der Waals surface area contributed by atoms with Gasteiger partial charge in [0.25, 0.3) is 5.56 Å². The second-order valence-electron chi connectivity index (χ2n) is 5.11. The number of aromatic nitrogens is 2. The lowest BCUT2D eigenvalue weighted by atomic mass is 10.2. The summed E-state index contributed by atoms with van der Waals surface area (Å²) in [6.07, 6.45) is 0. The maximum atomic E-state index is 12.9. The molecule has 0 bridgehead atoms. The molecular formula is C17H18N2O3S2. The normalized spacial score (nSPS) is 11.2. The predicted octanol–water partition coefficient (Wildman–Crippen LogP) is 2.86. The van der Waals surface area contributed by atoms with Crippen molar-refractivity contribution in [1.29, 1.82) is 0 Å². The average molecular weight is 362 g/mol. The fourth-order valence-electron chi connectivity index (χ4n) is 2.37. The molecule has 7 heteroatoms. The summed E-state index contributed by atoms with van der Waals surface area (Å²) in [5.74, 6) is 0.502. The van der Waals surface area contributed by atoms with Gasteiger partial charge in [0.15, 0.2) is 5.16 Å². The summed E-state index contributed by atoms with van der Waals surface area (Å²) in [7, 11) is 1.61. The lowest BCUT2D eigenvalue weighted by Gasteiger charge is -2.10. The lowest BCUT2D eigenvalue weighted by molar-refractivity contribution is 0.183. The van der Waals surface area contributed by atoms with Crippen LogP contribution in [-0.2, 0) is 11.3 Å². The van der Waals surface area contributed by atoms with E-state index in [0.717, 1.165) is 15.3 Å². The van der Waals surface area contributed by atoms with Crippen LogP contribution in [0.3, 0.4) is 0 Å². The number of benzene rings is 1. The molecule has 0 aliphatic heterocycles. The molecule has 3 aromatic rings. The van der Waals surface area contributed by atoms with E-state index >= 15 is 0 Å². The maximum Gasteiger partial charge on any atom is 0.263 e. The van der Waals surface area contributed by atoms with Gasteiger partial charge in [-0.2, -0.15) is 0 Å². The topological polar surface area (TPSA) is 64.3 Å². The first-order valence-electron chi connectivity index (χ1n) is 7.57. The van der Waals surface area contributed by atoms with Gasteiger partial charge in [-0.15, -0.1) is 11.3 Å². The highest BCUT2D eigenvalue weighted by molar-refractivity contribution is 7.99. The van der Waals surface area contributed by atoms with E-state index in [9.17, 15) is 4.79 Å². The quantitative estimate of drug-likeness (QED) is 0.517. The molecule has 2 aromatic heterocycles. The predicted molar refractivity (Wildman–Crippen MR) is 99.0 cm³/mol. The van der Waals surface area contributed by atoms with Crippen LogP contribution in [0.15, 0.2) is 46.3 Å². The van der Waals surface area contributed by atoms with E-state index in [4.69, 9.17) is 9.84 Å². The van der Waals surface area contributed by atoms with Crippen molar-refractivity contribution >= 4 is 33.3 Å². The second kappa shape index (κ2) is 7.94. The average Bonchev–Trinajstić information content (AvgIpc) is 3.04. The van der Waals surface area contributed by atoms with Crippen LogP contribution in [0.4, 0.5) is 0 Å². The van der Waals surface area contributed by atoms with Crippen molar-refractivity contribution in [3.8, 4) is 10.4 Å². The van der Waals surface area contributed by atoms with Crippen LogP contribution in [0.5, 0.6) is 0 Å². The van der Waals surface area contributed by atoms with Crippen molar-refractivity contribution in [3.63, 3.8) is 0 Å². The lowest BCUT2D eigenvalue weighted by Crippen LogP contribution is -2.24. The molecule has 0 saturated carbocycles. The van der Waals surface area contributed by atoms with Gasteiger partial charge >= 0.3 is 0 Å². The van der Waals surface area contributed by atoms with E-state index in [1.165, 1.54) is 23.1 Å². The second-order valence-corrected chi connectivity index (χ2v) is 7.20. The molecule has 0 spiro atoms. The van der Waals surface area contributed by atoms with Crippen LogP contribution in [0.1, 0.15) is 0 Å². The number of thiophene rings is 1. The number of fused-ring (bicyclic) bond motifs is 1. The fraction of sp³-hybridized carbons (Fsp3) is 0.294. The number of ether oxygens (including phenoxy) is 1. The first kappa shape index (κ1) is 17.2. The minimum Gasteiger partial charge on any atom is -0.396 e. The molecule has 0 radical (unpaired) electrons. The van der Waals surface area contributed by atoms with Gasteiger partial charge in [0.1, 0.15) is 4.83 Å². The van der Waals surface area contributed by atoms with Gasteiger partial charge in [0.2, 0.25) is 0 Å². The molecule has 0 aliphatic carbocycles. The van der Waals surface area contributed by atoms with Crippen LogP contribution >= 0.6 is 23.1 Å². The molecule has 2 heterocycles. The Hall–Kier alpha value is -1.67. The summed E-state index contributed by atoms with van der Waals surface area (Å²) in [5, 5.41) is 10.3. The number of rotatable bonds is 7. The maximum absolute atomic E-state index is 12.9. The third-order valence-corrected chi connectivity index (χ3v) is 5.55. The van der Waals surface area contributed by atoms with Gasteiger partial charge in [-0.25, -0.2) is 4.98 Å². The monoisotopic (exact) mass is 362 g/mol. The summed E-state index contributed by atoms with van der Waals surface area (Å²) in [5.41, 5.74) is 1.02. The van der Waals surface area contributed by atoms with Gasteiger partial charge in [-0.3, -0.25) is 9.36 Å². The standard InChI is InChI=1S/C17H18N2O3S2/c1-22-9-7-19-16(21)13-11-14(12-5-3-2-4-6-12)24-15(13)18-17(19)23-10-8-20/h2-6,11,20H,7-10H2,1H3. The molecule has 0 atom stereocenters. The Morgan fingerprint density at radius 3 is 2.83 bits per heavy atom. The van der Waals surface area contributed by atoms with E-state index < -0.39 is 0 Å². The smallest absolute Gasteiger partial charge is 0.263 e. The zero-order chi connectivity index (χ0) is 16.9. The molecule has 3 rings (SSSR count). The first-order valence-corrected chi connectivity index (χ1v) is 9.37. The Kier molecular flexibility index (Phi) is 5.68. The van der Waals surface area contributed by atoms with Gasteiger partial charge in [-0.05, 0) is 11.6 Å². The Balaban J connectivity index is 2.11. The molecule has 126 valence electrons. The Labute approximate surface area is 147 Å². The summed E-state index contributed by atoms with van der Waals surface area (Å²) in [4.78, 5) is 19.3. The van der Waals surface area contributed by atoms with E-state index in [1.54, 1.807) is 11.7 Å². The summed E-state index contributed by atoms with van der Waals surface area (Å²) >= 11 is 2.90. The largest absolute Gasteiger partial charge is 0.396 e. The summed E-state index contributed by atoms with van der Waals surface area (Å²) in [6, 6.07) is 11.9. The molecular weight excluding hydrogens is 344 g/mol. The number of hydrogen-bond acceptors (Lipinski definition) is 6.